The Morgan fingerprint density at radius 1 is 0.319 bits per heavy atom. The third kappa shape index (κ3) is 54.1. The van der Waals surface area contributed by atoms with E-state index in [4.69, 9.17) is 14.2 Å². The van der Waals surface area contributed by atoms with Crippen molar-refractivity contribution in [2.75, 3.05) is 13.2 Å². The standard InChI is InChI=1S/C63H98O6/c1-4-7-10-13-16-19-22-25-27-29-31-33-35-38-41-44-47-50-53-56-62(65)68-59-60(58-67-61(64)55-52-49-46-43-40-37-24-21-18-15-12-9-6-3)69-63(66)57-54-51-48-45-42-39-36-34-32-30-28-26-23-20-17-14-11-8-5-2/h27-36,38-39,41-42,44-45,47-48,50-51,53-54,56-57,60H,4-26,37,40,43,46,49,52,55,58-59H2,1-3H3/b29-27+,30-28+,33-31+,34-32+,38-35+,39-36+,44-41+,45-42+,50-47+,51-48+,56-53+,57-54+. The maximum absolute atomic E-state index is 12.7. The maximum atomic E-state index is 12.7. The van der Waals surface area contributed by atoms with E-state index >= 15 is 0 Å². The first-order valence-corrected chi connectivity index (χ1v) is 27.6. The summed E-state index contributed by atoms with van der Waals surface area (Å²) >= 11 is 0. The molecule has 6 heteroatoms. The van der Waals surface area contributed by atoms with Crippen molar-refractivity contribution in [3.8, 4) is 0 Å². The van der Waals surface area contributed by atoms with E-state index in [0.29, 0.717) is 6.42 Å². The Kier molecular flexibility index (Phi) is 52.1. The number of esters is 3. The molecular weight excluding hydrogens is 853 g/mol. The molecule has 0 saturated heterocycles. The summed E-state index contributed by atoms with van der Waals surface area (Å²) in [4.78, 5) is 37.8. The summed E-state index contributed by atoms with van der Waals surface area (Å²) in [5.41, 5.74) is 0. The molecule has 0 radical (unpaired) electrons. The number of allylic oxidation sites excluding steroid dienone is 22. The average Bonchev–Trinajstić information content (AvgIpc) is 3.35. The molecule has 0 aliphatic carbocycles. The largest absolute Gasteiger partial charge is 0.462 e. The fraction of sp³-hybridized carbons (Fsp3) is 0.571. The van der Waals surface area contributed by atoms with Gasteiger partial charge in [0.1, 0.15) is 13.2 Å². The summed E-state index contributed by atoms with van der Waals surface area (Å²) in [5, 5.41) is 0. The van der Waals surface area contributed by atoms with Crippen molar-refractivity contribution < 1.29 is 28.6 Å². The van der Waals surface area contributed by atoms with Crippen LogP contribution in [0.2, 0.25) is 0 Å². The van der Waals surface area contributed by atoms with Gasteiger partial charge in [-0.2, -0.15) is 0 Å². The van der Waals surface area contributed by atoms with Crippen molar-refractivity contribution in [2.24, 2.45) is 0 Å². The number of carbonyl (C=O) groups is 3. The minimum absolute atomic E-state index is 0.203. The van der Waals surface area contributed by atoms with Gasteiger partial charge in [-0.1, -0.05) is 309 Å². The Hall–Kier alpha value is -4.71. The second kappa shape index (κ2) is 55.9. The second-order valence-electron chi connectivity index (χ2n) is 17.8. The van der Waals surface area contributed by atoms with Crippen molar-refractivity contribution in [1.82, 2.24) is 0 Å². The van der Waals surface area contributed by atoms with Crippen LogP contribution in [0.25, 0.3) is 0 Å². The van der Waals surface area contributed by atoms with Gasteiger partial charge in [0.05, 0.1) is 0 Å². The lowest BCUT2D eigenvalue weighted by molar-refractivity contribution is -0.162. The Morgan fingerprint density at radius 2 is 0.609 bits per heavy atom. The maximum Gasteiger partial charge on any atom is 0.331 e. The molecule has 0 bridgehead atoms. The van der Waals surface area contributed by atoms with E-state index in [1.807, 2.05) is 79.0 Å². The van der Waals surface area contributed by atoms with E-state index in [9.17, 15) is 14.4 Å². The monoisotopic (exact) mass is 951 g/mol. The van der Waals surface area contributed by atoms with Crippen LogP contribution in [0.5, 0.6) is 0 Å². The van der Waals surface area contributed by atoms with Crippen LogP contribution in [0.3, 0.4) is 0 Å². The lowest BCUT2D eigenvalue weighted by Gasteiger charge is -2.17. The molecule has 0 rings (SSSR count). The number of carbonyl (C=O) groups excluding carboxylic acids is 3. The molecule has 0 aromatic rings. The Balaban J connectivity index is 4.83. The van der Waals surface area contributed by atoms with Gasteiger partial charge in [0.25, 0.3) is 0 Å². The molecule has 1 unspecified atom stereocenters. The van der Waals surface area contributed by atoms with Crippen LogP contribution in [0.15, 0.2) is 146 Å². The van der Waals surface area contributed by atoms with Crippen LogP contribution in [0, 0.1) is 0 Å². The second-order valence-corrected chi connectivity index (χ2v) is 17.8. The molecule has 6 nitrogen and oxygen atoms in total. The van der Waals surface area contributed by atoms with Gasteiger partial charge >= 0.3 is 17.9 Å². The van der Waals surface area contributed by atoms with E-state index in [1.54, 1.807) is 30.4 Å². The first-order valence-electron chi connectivity index (χ1n) is 27.6. The highest BCUT2D eigenvalue weighted by Crippen LogP contribution is 2.14. The van der Waals surface area contributed by atoms with Crippen LogP contribution in [-0.4, -0.2) is 37.2 Å². The smallest absolute Gasteiger partial charge is 0.331 e. The lowest BCUT2D eigenvalue weighted by atomic mass is 10.0. The Labute approximate surface area is 423 Å². The first-order chi connectivity index (χ1) is 34.0. The fourth-order valence-electron chi connectivity index (χ4n) is 7.17. The van der Waals surface area contributed by atoms with Crippen LogP contribution < -0.4 is 0 Å². The molecule has 0 spiro atoms. The number of rotatable bonds is 47. The van der Waals surface area contributed by atoms with Gasteiger partial charge in [-0.05, 0) is 32.1 Å². The first kappa shape index (κ1) is 64.3. The van der Waals surface area contributed by atoms with Crippen molar-refractivity contribution in [3.63, 3.8) is 0 Å². The van der Waals surface area contributed by atoms with Crippen LogP contribution in [0.1, 0.15) is 213 Å². The summed E-state index contributed by atoms with van der Waals surface area (Å²) in [6.45, 7) is 6.31. The third-order valence-electron chi connectivity index (χ3n) is 11.3. The summed E-state index contributed by atoms with van der Waals surface area (Å²) in [6.07, 6.45) is 81.0. The molecule has 0 aromatic heterocycles. The molecule has 0 aromatic carbocycles. The van der Waals surface area contributed by atoms with Crippen LogP contribution >= 0.6 is 0 Å². The van der Waals surface area contributed by atoms with Crippen LogP contribution in [0.4, 0.5) is 0 Å². The SMILES string of the molecule is CCCCCCCCC/C=C/C=C/C=C/C=C/C=C/C=C/C(=O)OCC(COC(=O)CCCCCCCCCCCCCCC)OC(=O)/C=C/C=C/C=C/C=C/C=C/C=C/CCCCCCCCC. The molecular formula is C63H98O6. The highest BCUT2D eigenvalue weighted by Gasteiger charge is 2.18. The quantitative estimate of drug-likeness (QED) is 0.0199. The minimum Gasteiger partial charge on any atom is -0.462 e. The van der Waals surface area contributed by atoms with Crippen molar-refractivity contribution in [2.45, 2.75) is 219 Å². The van der Waals surface area contributed by atoms with E-state index < -0.39 is 18.0 Å². The van der Waals surface area contributed by atoms with Crippen molar-refractivity contribution >= 4 is 17.9 Å². The molecule has 0 aliphatic rings. The van der Waals surface area contributed by atoms with Gasteiger partial charge in [-0.3, -0.25) is 4.79 Å². The molecule has 0 N–H and O–H groups in total. The zero-order valence-electron chi connectivity index (χ0n) is 44.0. The van der Waals surface area contributed by atoms with E-state index in [1.165, 1.54) is 166 Å². The summed E-state index contributed by atoms with van der Waals surface area (Å²) in [6, 6.07) is 0. The third-order valence-corrected chi connectivity index (χ3v) is 11.3. The molecule has 69 heavy (non-hydrogen) atoms. The lowest BCUT2D eigenvalue weighted by Crippen LogP contribution is -2.30. The summed E-state index contributed by atoms with van der Waals surface area (Å²) in [7, 11) is 0. The Bertz CT molecular complexity index is 1560. The molecule has 1 atom stereocenters. The zero-order valence-corrected chi connectivity index (χ0v) is 44.0. The fourth-order valence-corrected chi connectivity index (χ4v) is 7.17. The normalized spacial score (nSPS) is 13.3. The molecule has 0 heterocycles. The average molecular weight is 951 g/mol. The van der Waals surface area contributed by atoms with Gasteiger partial charge in [0.2, 0.25) is 0 Å². The minimum atomic E-state index is -0.952. The topological polar surface area (TPSA) is 78.9 Å². The highest BCUT2D eigenvalue weighted by atomic mass is 16.6. The molecule has 0 saturated carbocycles. The van der Waals surface area contributed by atoms with Gasteiger partial charge < -0.3 is 14.2 Å². The predicted octanol–water partition coefficient (Wildman–Crippen LogP) is 18.4. The van der Waals surface area contributed by atoms with Crippen LogP contribution in [-0.2, 0) is 28.6 Å². The molecule has 0 amide bonds. The highest BCUT2D eigenvalue weighted by molar-refractivity contribution is 5.83. The predicted molar refractivity (Wildman–Crippen MR) is 297 cm³/mol. The van der Waals surface area contributed by atoms with Gasteiger partial charge in [0.15, 0.2) is 6.10 Å². The molecule has 0 fully saturated rings. The summed E-state index contributed by atoms with van der Waals surface area (Å²) < 4.78 is 16.4. The number of ether oxygens (including phenoxy) is 3. The van der Waals surface area contributed by atoms with Gasteiger partial charge in [-0.25, -0.2) is 9.59 Å². The van der Waals surface area contributed by atoms with E-state index in [-0.39, 0.29) is 19.2 Å². The number of unbranched alkanes of at least 4 members (excludes halogenated alkanes) is 26. The zero-order chi connectivity index (χ0) is 50.0. The molecule has 0 aliphatic heterocycles. The van der Waals surface area contributed by atoms with E-state index in [2.05, 4.69) is 45.1 Å². The number of hydrogen-bond acceptors (Lipinski definition) is 6. The van der Waals surface area contributed by atoms with Crippen molar-refractivity contribution in [3.05, 3.63) is 146 Å². The van der Waals surface area contributed by atoms with Gasteiger partial charge in [0, 0.05) is 18.6 Å². The van der Waals surface area contributed by atoms with Crippen molar-refractivity contribution in [1.29, 1.82) is 0 Å². The Morgan fingerprint density at radius 3 is 0.986 bits per heavy atom. The van der Waals surface area contributed by atoms with Gasteiger partial charge in [-0.15, -0.1) is 0 Å². The number of hydrogen-bond donors (Lipinski definition) is 0. The van der Waals surface area contributed by atoms with E-state index in [0.717, 1.165) is 32.1 Å². The summed E-state index contributed by atoms with van der Waals surface area (Å²) in [5.74, 6) is -1.59. The molecule has 386 valence electrons.